The minimum Gasteiger partial charge on any atom is -0.381 e. The van der Waals surface area contributed by atoms with Crippen LogP contribution in [0.15, 0.2) is 10.7 Å². The van der Waals surface area contributed by atoms with Crippen LogP contribution in [0.2, 0.25) is 0 Å². The van der Waals surface area contributed by atoms with Crippen molar-refractivity contribution < 1.29 is 9.26 Å². The van der Waals surface area contributed by atoms with Gasteiger partial charge in [-0.1, -0.05) is 5.16 Å². The molecule has 0 bridgehead atoms. The zero-order valence-corrected chi connectivity index (χ0v) is 17.3. The van der Waals surface area contributed by atoms with Crippen molar-refractivity contribution in [2.45, 2.75) is 71.4 Å². The highest BCUT2D eigenvalue weighted by molar-refractivity contribution is 5.15. The predicted molar refractivity (Wildman–Crippen MR) is 106 cm³/mol. The van der Waals surface area contributed by atoms with E-state index in [0.29, 0.717) is 5.92 Å². The zero-order valence-electron chi connectivity index (χ0n) is 17.3. The van der Waals surface area contributed by atoms with E-state index in [9.17, 15) is 0 Å². The van der Waals surface area contributed by atoms with E-state index in [0.717, 1.165) is 69.6 Å². The van der Waals surface area contributed by atoms with E-state index in [-0.39, 0.29) is 0 Å². The lowest BCUT2D eigenvalue weighted by Crippen LogP contribution is -2.33. The van der Waals surface area contributed by atoms with Gasteiger partial charge in [0.15, 0.2) is 5.82 Å². The van der Waals surface area contributed by atoms with E-state index < -0.39 is 0 Å². The Morgan fingerprint density at radius 1 is 1.14 bits per heavy atom. The highest BCUT2D eigenvalue weighted by Crippen LogP contribution is 2.27. The molecule has 28 heavy (non-hydrogen) atoms. The fourth-order valence-electron chi connectivity index (χ4n) is 4.36. The molecule has 0 N–H and O–H groups in total. The lowest BCUT2D eigenvalue weighted by atomic mass is 9.92. The molecule has 2 fully saturated rings. The standard InChI is InChI=1S/C21H33N5O2/c1-3-26-15-19(16(2)23-26)14-25-10-6-17(7-11-25)4-5-20-22-21(28-24-20)18-8-12-27-13-9-18/h15,17-18H,3-14H2,1-2H3. The Balaban J connectivity index is 1.20. The fourth-order valence-corrected chi connectivity index (χ4v) is 4.36. The molecular formula is C21H33N5O2. The third-order valence-corrected chi connectivity index (χ3v) is 6.30. The summed E-state index contributed by atoms with van der Waals surface area (Å²) in [4.78, 5) is 7.22. The molecule has 4 rings (SSSR count). The summed E-state index contributed by atoms with van der Waals surface area (Å²) in [6.45, 7) is 10.2. The minimum atomic E-state index is 0.388. The number of nitrogens with zero attached hydrogens (tertiary/aromatic N) is 5. The molecule has 2 saturated heterocycles. The van der Waals surface area contributed by atoms with Gasteiger partial charge in [0.05, 0.1) is 5.69 Å². The number of hydrogen-bond donors (Lipinski definition) is 0. The maximum atomic E-state index is 5.52. The maximum Gasteiger partial charge on any atom is 0.229 e. The van der Waals surface area contributed by atoms with Gasteiger partial charge in [0.1, 0.15) is 0 Å². The van der Waals surface area contributed by atoms with Crippen molar-refractivity contribution in [3.05, 3.63) is 29.2 Å². The number of ether oxygens (including phenoxy) is 1. The Kier molecular flexibility index (Phi) is 6.42. The van der Waals surface area contributed by atoms with Gasteiger partial charge in [-0.2, -0.15) is 10.1 Å². The number of piperidine rings is 1. The second-order valence-corrected chi connectivity index (χ2v) is 8.29. The number of aromatic nitrogens is 4. The van der Waals surface area contributed by atoms with E-state index in [1.54, 1.807) is 0 Å². The maximum absolute atomic E-state index is 5.52. The lowest BCUT2D eigenvalue weighted by molar-refractivity contribution is 0.0778. The van der Waals surface area contributed by atoms with Crippen molar-refractivity contribution in [2.75, 3.05) is 26.3 Å². The van der Waals surface area contributed by atoms with Crippen LogP contribution in [0.5, 0.6) is 0 Å². The van der Waals surface area contributed by atoms with Gasteiger partial charge in [-0.3, -0.25) is 9.58 Å². The normalized spacial score (nSPS) is 20.1. The fraction of sp³-hybridized carbons (Fsp3) is 0.762. The second kappa shape index (κ2) is 9.18. The van der Waals surface area contributed by atoms with Gasteiger partial charge in [-0.15, -0.1) is 0 Å². The average molecular weight is 388 g/mol. The van der Waals surface area contributed by atoms with Crippen LogP contribution < -0.4 is 0 Å². The third kappa shape index (κ3) is 4.81. The van der Waals surface area contributed by atoms with Crippen molar-refractivity contribution in [1.29, 1.82) is 0 Å². The Morgan fingerprint density at radius 3 is 2.64 bits per heavy atom. The second-order valence-electron chi connectivity index (χ2n) is 8.29. The van der Waals surface area contributed by atoms with E-state index >= 15 is 0 Å². The zero-order chi connectivity index (χ0) is 19.3. The van der Waals surface area contributed by atoms with Crippen LogP contribution in [0.1, 0.15) is 67.9 Å². The summed E-state index contributed by atoms with van der Waals surface area (Å²) in [6, 6.07) is 0. The Hall–Kier alpha value is -1.73. The van der Waals surface area contributed by atoms with Crippen LogP contribution >= 0.6 is 0 Å². The quantitative estimate of drug-likeness (QED) is 0.726. The van der Waals surface area contributed by atoms with Gasteiger partial charge in [0, 0.05) is 50.4 Å². The molecule has 7 heteroatoms. The van der Waals surface area contributed by atoms with Crippen molar-refractivity contribution in [2.24, 2.45) is 5.92 Å². The van der Waals surface area contributed by atoms with Gasteiger partial charge in [-0.25, -0.2) is 0 Å². The molecular weight excluding hydrogens is 354 g/mol. The highest BCUT2D eigenvalue weighted by atomic mass is 16.5. The number of hydrogen-bond acceptors (Lipinski definition) is 6. The first-order chi connectivity index (χ1) is 13.7. The van der Waals surface area contributed by atoms with E-state index in [1.165, 1.54) is 37.2 Å². The van der Waals surface area contributed by atoms with Gasteiger partial charge >= 0.3 is 0 Å². The van der Waals surface area contributed by atoms with Crippen LogP contribution in [0.3, 0.4) is 0 Å². The summed E-state index contributed by atoms with van der Waals surface area (Å²) in [6.07, 6.45) is 8.80. The minimum absolute atomic E-state index is 0.388. The average Bonchev–Trinajstić information content (AvgIpc) is 3.35. The monoisotopic (exact) mass is 387 g/mol. The summed E-state index contributed by atoms with van der Waals surface area (Å²) in [5.74, 6) is 2.85. The van der Waals surface area contributed by atoms with Crippen LogP contribution in [0.25, 0.3) is 0 Å². The first-order valence-electron chi connectivity index (χ1n) is 10.9. The Labute approximate surface area is 167 Å². The predicted octanol–water partition coefficient (Wildman–Crippen LogP) is 3.33. The van der Waals surface area contributed by atoms with Crippen molar-refractivity contribution in [1.82, 2.24) is 24.8 Å². The van der Waals surface area contributed by atoms with Gasteiger partial charge in [0.25, 0.3) is 0 Å². The molecule has 2 aromatic heterocycles. The molecule has 4 heterocycles. The molecule has 0 saturated carbocycles. The molecule has 0 amide bonds. The molecule has 0 unspecified atom stereocenters. The Bertz CT molecular complexity index is 742. The summed E-state index contributed by atoms with van der Waals surface area (Å²) < 4.78 is 13.0. The number of aryl methyl sites for hydroxylation is 3. The van der Waals surface area contributed by atoms with Crippen molar-refractivity contribution in [3.8, 4) is 0 Å². The van der Waals surface area contributed by atoms with Crippen LogP contribution in [0.4, 0.5) is 0 Å². The highest BCUT2D eigenvalue weighted by Gasteiger charge is 2.23. The lowest BCUT2D eigenvalue weighted by Gasteiger charge is -2.31. The summed E-state index contributed by atoms with van der Waals surface area (Å²) in [5.41, 5.74) is 2.54. The first kappa shape index (κ1) is 19.6. The Morgan fingerprint density at radius 2 is 1.93 bits per heavy atom. The summed E-state index contributed by atoms with van der Waals surface area (Å²) in [5, 5.41) is 8.79. The molecule has 2 aromatic rings. The SMILES string of the molecule is CCn1cc(CN2CCC(CCc3noc(C4CCOCC4)n3)CC2)c(C)n1. The smallest absolute Gasteiger partial charge is 0.229 e. The number of rotatable bonds is 7. The van der Waals surface area contributed by atoms with Crippen LogP contribution in [-0.2, 0) is 24.2 Å². The molecule has 2 aliphatic heterocycles. The van der Waals surface area contributed by atoms with Gasteiger partial charge in [0.2, 0.25) is 5.89 Å². The van der Waals surface area contributed by atoms with Crippen molar-refractivity contribution in [3.63, 3.8) is 0 Å². The van der Waals surface area contributed by atoms with E-state index in [2.05, 4.69) is 40.2 Å². The largest absolute Gasteiger partial charge is 0.381 e. The topological polar surface area (TPSA) is 69.2 Å². The third-order valence-electron chi connectivity index (χ3n) is 6.30. The molecule has 0 spiro atoms. The van der Waals surface area contributed by atoms with Crippen molar-refractivity contribution >= 4 is 0 Å². The van der Waals surface area contributed by atoms with Gasteiger partial charge in [-0.05, 0) is 65.0 Å². The molecule has 7 nitrogen and oxygen atoms in total. The molecule has 154 valence electrons. The summed E-state index contributed by atoms with van der Waals surface area (Å²) >= 11 is 0. The molecule has 0 aromatic carbocycles. The molecule has 0 atom stereocenters. The van der Waals surface area contributed by atoms with Gasteiger partial charge < -0.3 is 9.26 Å². The molecule has 0 radical (unpaired) electrons. The number of likely N-dealkylation sites (tertiary alicyclic amines) is 1. The van der Waals surface area contributed by atoms with E-state index in [1.807, 2.05) is 4.68 Å². The first-order valence-corrected chi connectivity index (χ1v) is 10.9. The molecule has 0 aliphatic carbocycles. The van der Waals surface area contributed by atoms with E-state index in [4.69, 9.17) is 9.26 Å². The van der Waals surface area contributed by atoms with Crippen LogP contribution in [-0.4, -0.2) is 51.1 Å². The van der Waals surface area contributed by atoms with Crippen LogP contribution in [0, 0.1) is 12.8 Å². The summed E-state index contributed by atoms with van der Waals surface area (Å²) in [7, 11) is 0. The molecule has 2 aliphatic rings.